The van der Waals surface area contributed by atoms with E-state index in [1.54, 1.807) is 6.20 Å². The highest BCUT2D eigenvalue weighted by Gasteiger charge is 2.48. The van der Waals surface area contributed by atoms with E-state index < -0.39 is 6.10 Å². The molecule has 1 saturated heterocycles. The summed E-state index contributed by atoms with van der Waals surface area (Å²) in [6.07, 6.45) is 0.999. The van der Waals surface area contributed by atoms with Gasteiger partial charge >= 0.3 is 5.97 Å². The molecule has 2 atom stereocenters. The molecule has 4 heteroatoms. The second-order valence-corrected chi connectivity index (χ2v) is 2.76. The zero-order valence-electron chi connectivity index (χ0n) is 7.14. The Morgan fingerprint density at radius 1 is 1.62 bits per heavy atom. The molecule has 1 aromatic heterocycles. The minimum absolute atomic E-state index is 0.214. The van der Waals surface area contributed by atoms with E-state index in [0.29, 0.717) is 0 Å². The van der Waals surface area contributed by atoms with Crippen LogP contribution in [0.2, 0.25) is 0 Å². The van der Waals surface area contributed by atoms with Crippen molar-refractivity contribution in [2.24, 2.45) is 0 Å². The van der Waals surface area contributed by atoms with Gasteiger partial charge in [0.2, 0.25) is 0 Å². The lowest BCUT2D eigenvalue weighted by Gasteiger charge is -1.93. The Hall–Kier alpha value is -1.42. The van der Waals surface area contributed by atoms with Crippen molar-refractivity contribution >= 4 is 5.97 Å². The van der Waals surface area contributed by atoms with Gasteiger partial charge in [0, 0.05) is 6.20 Å². The van der Waals surface area contributed by atoms with Gasteiger partial charge in [-0.1, -0.05) is 6.07 Å². The van der Waals surface area contributed by atoms with Gasteiger partial charge in [0.1, 0.15) is 6.10 Å². The van der Waals surface area contributed by atoms with Gasteiger partial charge in [0.25, 0.3) is 0 Å². The number of hydrogen-bond donors (Lipinski definition) is 0. The van der Waals surface area contributed by atoms with Crippen LogP contribution in [-0.2, 0) is 14.3 Å². The number of methoxy groups -OCH3 is 1. The molecular weight excluding hydrogens is 170 g/mol. The average Bonchev–Trinajstić information content (AvgIpc) is 2.98. The van der Waals surface area contributed by atoms with Crippen molar-refractivity contribution in [1.82, 2.24) is 4.98 Å². The normalized spacial score (nSPS) is 25.3. The van der Waals surface area contributed by atoms with Gasteiger partial charge in [0.15, 0.2) is 6.10 Å². The molecule has 0 saturated carbocycles. The minimum Gasteiger partial charge on any atom is -0.467 e. The number of carbonyl (C=O) groups excluding carboxylic acids is 1. The Balaban J connectivity index is 2.04. The molecule has 0 spiro atoms. The summed E-state index contributed by atoms with van der Waals surface area (Å²) in [7, 11) is 1.35. The van der Waals surface area contributed by atoms with Crippen molar-refractivity contribution in [3.8, 4) is 0 Å². The fraction of sp³-hybridized carbons (Fsp3) is 0.333. The quantitative estimate of drug-likeness (QED) is 0.495. The zero-order valence-corrected chi connectivity index (χ0v) is 7.14. The molecule has 0 radical (unpaired) electrons. The van der Waals surface area contributed by atoms with Crippen molar-refractivity contribution in [1.29, 1.82) is 0 Å². The second kappa shape index (κ2) is 3.14. The van der Waals surface area contributed by atoms with E-state index in [4.69, 9.17) is 4.74 Å². The maximum absolute atomic E-state index is 11.0. The predicted molar refractivity (Wildman–Crippen MR) is 43.9 cm³/mol. The number of rotatable bonds is 2. The molecule has 0 amide bonds. The Morgan fingerprint density at radius 3 is 3.08 bits per heavy atom. The third-order valence-electron chi connectivity index (χ3n) is 1.90. The maximum Gasteiger partial charge on any atom is 0.338 e. The molecule has 1 aliphatic heterocycles. The number of esters is 1. The Bertz CT molecular complexity index is 312. The molecule has 68 valence electrons. The van der Waals surface area contributed by atoms with Gasteiger partial charge in [-0.05, 0) is 12.1 Å². The van der Waals surface area contributed by atoms with Gasteiger partial charge in [-0.3, -0.25) is 4.98 Å². The lowest BCUT2D eigenvalue weighted by atomic mass is 10.2. The highest BCUT2D eigenvalue weighted by molar-refractivity contribution is 5.78. The molecule has 13 heavy (non-hydrogen) atoms. The smallest absolute Gasteiger partial charge is 0.338 e. The molecular formula is C9H9NO3. The average molecular weight is 179 g/mol. The number of carbonyl (C=O) groups is 1. The lowest BCUT2D eigenvalue weighted by Crippen LogP contribution is -2.09. The number of aromatic nitrogens is 1. The summed E-state index contributed by atoms with van der Waals surface area (Å²) in [5, 5.41) is 0. The van der Waals surface area contributed by atoms with E-state index in [9.17, 15) is 4.79 Å². The molecule has 2 unspecified atom stereocenters. The van der Waals surface area contributed by atoms with Gasteiger partial charge in [-0.15, -0.1) is 0 Å². The third-order valence-corrected chi connectivity index (χ3v) is 1.90. The molecule has 1 fully saturated rings. The summed E-state index contributed by atoms with van der Waals surface area (Å²) in [4.78, 5) is 15.1. The minimum atomic E-state index is -0.458. The van der Waals surface area contributed by atoms with Crippen LogP contribution in [0.1, 0.15) is 11.8 Å². The topological polar surface area (TPSA) is 51.7 Å². The summed E-state index contributed by atoms with van der Waals surface area (Å²) < 4.78 is 9.65. The molecule has 0 bridgehead atoms. The number of pyridine rings is 1. The van der Waals surface area contributed by atoms with Gasteiger partial charge in [0.05, 0.1) is 12.8 Å². The molecule has 0 N–H and O–H groups in total. The van der Waals surface area contributed by atoms with Crippen LogP contribution in [0.3, 0.4) is 0 Å². The molecule has 0 aliphatic carbocycles. The first-order valence-electron chi connectivity index (χ1n) is 3.97. The summed E-state index contributed by atoms with van der Waals surface area (Å²) in [6, 6.07) is 5.50. The first-order chi connectivity index (χ1) is 6.33. The lowest BCUT2D eigenvalue weighted by molar-refractivity contribution is -0.142. The van der Waals surface area contributed by atoms with Crippen molar-refractivity contribution < 1.29 is 14.3 Å². The van der Waals surface area contributed by atoms with Gasteiger partial charge < -0.3 is 9.47 Å². The summed E-state index contributed by atoms with van der Waals surface area (Å²) in [5.74, 6) is -0.337. The van der Waals surface area contributed by atoms with Crippen LogP contribution in [0.25, 0.3) is 0 Å². The van der Waals surface area contributed by atoms with Crippen LogP contribution >= 0.6 is 0 Å². The molecule has 4 nitrogen and oxygen atoms in total. The highest BCUT2D eigenvalue weighted by Crippen LogP contribution is 2.37. The first kappa shape index (κ1) is 8.19. The van der Waals surface area contributed by atoms with E-state index in [-0.39, 0.29) is 12.1 Å². The number of nitrogens with zero attached hydrogens (tertiary/aromatic N) is 1. The standard InChI is InChI=1S/C9H9NO3/c1-12-9(11)8-7(13-8)6-4-2-3-5-10-6/h2-5,7-8H,1H3. The Morgan fingerprint density at radius 2 is 2.46 bits per heavy atom. The second-order valence-electron chi connectivity index (χ2n) is 2.76. The fourth-order valence-electron chi connectivity index (χ4n) is 1.18. The largest absolute Gasteiger partial charge is 0.467 e. The van der Waals surface area contributed by atoms with Gasteiger partial charge in [-0.25, -0.2) is 4.79 Å². The van der Waals surface area contributed by atoms with E-state index >= 15 is 0 Å². The summed E-state index contributed by atoms with van der Waals surface area (Å²) >= 11 is 0. The first-order valence-corrected chi connectivity index (χ1v) is 3.97. The molecule has 0 aromatic carbocycles. The van der Waals surface area contributed by atoms with E-state index in [2.05, 4.69) is 9.72 Å². The number of hydrogen-bond acceptors (Lipinski definition) is 4. The number of ether oxygens (including phenoxy) is 2. The molecule has 1 aromatic rings. The van der Waals surface area contributed by atoms with Crippen LogP contribution < -0.4 is 0 Å². The Kier molecular flexibility index (Phi) is 1.98. The van der Waals surface area contributed by atoms with Crippen LogP contribution in [0.4, 0.5) is 0 Å². The fourth-order valence-corrected chi connectivity index (χ4v) is 1.18. The summed E-state index contributed by atoms with van der Waals surface area (Å²) in [5.41, 5.74) is 0.776. The summed E-state index contributed by atoms with van der Waals surface area (Å²) in [6.45, 7) is 0. The Labute approximate surface area is 75.5 Å². The van der Waals surface area contributed by atoms with Crippen molar-refractivity contribution in [2.75, 3.05) is 7.11 Å². The SMILES string of the molecule is COC(=O)C1OC1c1ccccn1. The van der Waals surface area contributed by atoms with Gasteiger partial charge in [-0.2, -0.15) is 0 Å². The predicted octanol–water partition coefficient (Wildman–Crippen LogP) is 0.694. The maximum atomic E-state index is 11.0. The number of epoxide rings is 1. The van der Waals surface area contributed by atoms with E-state index in [0.717, 1.165) is 5.69 Å². The molecule has 2 heterocycles. The van der Waals surface area contributed by atoms with Crippen molar-refractivity contribution in [3.63, 3.8) is 0 Å². The van der Waals surface area contributed by atoms with Crippen LogP contribution in [0.15, 0.2) is 24.4 Å². The van der Waals surface area contributed by atoms with E-state index in [1.807, 2.05) is 18.2 Å². The zero-order chi connectivity index (χ0) is 9.26. The van der Waals surface area contributed by atoms with Crippen LogP contribution in [0, 0.1) is 0 Å². The molecule has 1 aliphatic rings. The third kappa shape index (κ3) is 1.53. The molecule has 2 rings (SSSR count). The highest BCUT2D eigenvalue weighted by atomic mass is 16.6. The van der Waals surface area contributed by atoms with Crippen LogP contribution in [0.5, 0.6) is 0 Å². The van der Waals surface area contributed by atoms with Crippen LogP contribution in [-0.4, -0.2) is 24.2 Å². The van der Waals surface area contributed by atoms with Crippen molar-refractivity contribution in [3.05, 3.63) is 30.1 Å². The van der Waals surface area contributed by atoms with Crippen molar-refractivity contribution in [2.45, 2.75) is 12.2 Å². The van der Waals surface area contributed by atoms with E-state index in [1.165, 1.54) is 7.11 Å². The monoisotopic (exact) mass is 179 g/mol.